The summed E-state index contributed by atoms with van der Waals surface area (Å²) in [7, 11) is 1.62. The molecule has 1 amide bonds. The number of methoxy groups -OCH3 is 1. The molecule has 1 aliphatic rings. The van der Waals surface area contributed by atoms with Crippen molar-refractivity contribution in [3.63, 3.8) is 0 Å². The molecule has 1 saturated heterocycles. The van der Waals surface area contributed by atoms with Crippen LogP contribution in [0.4, 0.5) is 11.5 Å². The van der Waals surface area contributed by atoms with Crippen LogP contribution in [0.5, 0.6) is 5.75 Å². The predicted octanol–water partition coefficient (Wildman–Crippen LogP) is 2.26. The van der Waals surface area contributed by atoms with E-state index in [1.807, 2.05) is 43.3 Å². The Labute approximate surface area is 145 Å². The van der Waals surface area contributed by atoms with Crippen LogP contribution >= 0.6 is 0 Å². The Morgan fingerprint density at radius 2 is 2.16 bits per heavy atom. The van der Waals surface area contributed by atoms with Gasteiger partial charge in [-0.2, -0.15) is 9.61 Å². The minimum Gasteiger partial charge on any atom is -0.497 e. The van der Waals surface area contributed by atoms with Gasteiger partial charge < -0.3 is 15.0 Å². The van der Waals surface area contributed by atoms with Gasteiger partial charge in [0.05, 0.1) is 19.3 Å². The van der Waals surface area contributed by atoms with Gasteiger partial charge in [0.25, 0.3) is 0 Å². The van der Waals surface area contributed by atoms with E-state index < -0.39 is 0 Å². The first-order valence-corrected chi connectivity index (χ1v) is 8.16. The average molecular weight is 337 g/mol. The van der Waals surface area contributed by atoms with E-state index in [1.165, 1.54) is 0 Å². The van der Waals surface area contributed by atoms with Crippen molar-refractivity contribution < 1.29 is 9.53 Å². The van der Waals surface area contributed by atoms with Crippen molar-refractivity contribution >= 4 is 23.1 Å². The maximum Gasteiger partial charge on any atom is 0.229 e. The summed E-state index contributed by atoms with van der Waals surface area (Å²) in [6.07, 6.45) is 2.15. The summed E-state index contributed by atoms with van der Waals surface area (Å²) < 4.78 is 7.01. The zero-order chi connectivity index (χ0) is 17.4. The van der Waals surface area contributed by atoms with E-state index in [0.29, 0.717) is 13.0 Å². The lowest BCUT2D eigenvalue weighted by atomic mass is 10.2. The molecule has 7 heteroatoms. The lowest BCUT2D eigenvalue weighted by Crippen LogP contribution is -2.28. The number of benzene rings is 1. The number of aromatic nitrogens is 3. The predicted molar refractivity (Wildman–Crippen MR) is 95.1 cm³/mol. The zero-order valence-corrected chi connectivity index (χ0v) is 14.1. The summed E-state index contributed by atoms with van der Waals surface area (Å²) in [6, 6.07) is 11.4. The lowest BCUT2D eigenvalue weighted by molar-refractivity contribution is -0.117. The van der Waals surface area contributed by atoms with Crippen molar-refractivity contribution in [1.82, 2.24) is 14.6 Å². The average Bonchev–Trinajstić information content (AvgIpc) is 3.21. The number of rotatable bonds is 4. The minimum absolute atomic E-state index is 0.00732. The molecule has 2 aromatic heterocycles. The van der Waals surface area contributed by atoms with Crippen LogP contribution in [0.2, 0.25) is 0 Å². The highest BCUT2D eigenvalue weighted by molar-refractivity contribution is 5.96. The zero-order valence-electron chi connectivity index (χ0n) is 14.1. The van der Waals surface area contributed by atoms with Gasteiger partial charge in [0.2, 0.25) is 5.91 Å². The first-order valence-electron chi connectivity index (χ1n) is 8.16. The number of fused-ring (bicyclic) bond motifs is 1. The molecule has 0 bridgehead atoms. The smallest absolute Gasteiger partial charge is 0.229 e. The highest BCUT2D eigenvalue weighted by atomic mass is 16.5. The number of nitrogens with zero attached hydrogens (tertiary/aromatic N) is 4. The highest BCUT2D eigenvalue weighted by Crippen LogP contribution is 2.27. The lowest BCUT2D eigenvalue weighted by Gasteiger charge is -2.18. The number of hydrogen-bond acceptors (Lipinski definition) is 5. The van der Waals surface area contributed by atoms with Crippen LogP contribution in [-0.2, 0) is 4.79 Å². The number of aryl methyl sites for hydroxylation is 1. The van der Waals surface area contributed by atoms with E-state index in [1.54, 1.807) is 22.7 Å². The third kappa shape index (κ3) is 2.88. The Morgan fingerprint density at radius 3 is 3.00 bits per heavy atom. The Bertz CT molecular complexity index is 936. The highest BCUT2D eigenvalue weighted by Gasteiger charge is 2.31. The molecule has 1 atom stereocenters. The standard InChI is InChI=1S/C18H19N5O2/c1-12-8-17(23-16(20-12)6-7-19-23)21-13-9-18(24)22(11-13)14-4-3-5-15(10-14)25-2/h3-8,10,13,21H,9,11H2,1-2H3/t13-/m0/s1. The number of carbonyl (C=O) groups excluding carboxylic acids is 1. The second-order valence-electron chi connectivity index (χ2n) is 6.14. The van der Waals surface area contributed by atoms with Crippen LogP contribution in [0.15, 0.2) is 42.6 Å². The summed E-state index contributed by atoms with van der Waals surface area (Å²) in [5.74, 6) is 1.68. The summed E-state index contributed by atoms with van der Waals surface area (Å²) in [6.45, 7) is 2.54. The van der Waals surface area contributed by atoms with Crippen LogP contribution in [0, 0.1) is 6.92 Å². The molecule has 3 heterocycles. The fourth-order valence-corrected chi connectivity index (χ4v) is 3.18. The maximum atomic E-state index is 12.5. The monoisotopic (exact) mass is 337 g/mol. The largest absolute Gasteiger partial charge is 0.497 e. The first kappa shape index (κ1) is 15.4. The number of hydrogen-bond donors (Lipinski definition) is 1. The van der Waals surface area contributed by atoms with Gasteiger partial charge in [-0.15, -0.1) is 0 Å². The van der Waals surface area contributed by atoms with Gasteiger partial charge in [0.15, 0.2) is 5.65 Å². The summed E-state index contributed by atoms with van der Waals surface area (Å²) in [4.78, 5) is 18.7. The molecule has 1 aliphatic heterocycles. The summed E-state index contributed by atoms with van der Waals surface area (Å²) in [5.41, 5.74) is 2.55. The molecule has 0 spiro atoms. The Kier molecular flexibility index (Phi) is 3.76. The van der Waals surface area contributed by atoms with E-state index in [-0.39, 0.29) is 11.9 Å². The van der Waals surface area contributed by atoms with Crippen molar-refractivity contribution in [2.75, 3.05) is 23.9 Å². The molecule has 128 valence electrons. The third-order valence-electron chi connectivity index (χ3n) is 4.33. The van der Waals surface area contributed by atoms with Gasteiger partial charge in [-0.3, -0.25) is 4.79 Å². The number of anilines is 2. The molecule has 1 fully saturated rings. The van der Waals surface area contributed by atoms with Crippen LogP contribution < -0.4 is 15.0 Å². The molecular formula is C18H19N5O2. The van der Waals surface area contributed by atoms with Crippen molar-refractivity contribution in [3.8, 4) is 5.75 Å². The molecule has 0 radical (unpaired) electrons. The fourth-order valence-electron chi connectivity index (χ4n) is 3.18. The van der Waals surface area contributed by atoms with Gasteiger partial charge in [0, 0.05) is 42.5 Å². The van der Waals surface area contributed by atoms with Gasteiger partial charge >= 0.3 is 0 Å². The van der Waals surface area contributed by atoms with Gasteiger partial charge in [-0.1, -0.05) is 6.07 Å². The summed E-state index contributed by atoms with van der Waals surface area (Å²) in [5, 5.41) is 7.73. The van der Waals surface area contributed by atoms with Gasteiger partial charge in [0.1, 0.15) is 11.6 Å². The fraction of sp³-hybridized carbons (Fsp3) is 0.278. The Hall–Kier alpha value is -3.09. The molecule has 1 N–H and O–H groups in total. The van der Waals surface area contributed by atoms with E-state index in [4.69, 9.17) is 4.74 Å². The molecule has 4 rings (SSSR count). The Morgan fingerprint density at radius 1 is 1.28 bits per heavy atom. The molecule has 3 aromatic rings. The topological polar surface area (TPSA) is 71.8 Å². The molecule has 7 nitrogen and oxygen atoms in total. The minimum atomic E-state index is 0.00732. The number of nitrogens with one attached hydrogen (secondary N) is 1. The summed E-state index contributed by atoms with van der Waals surface area (Å²) >= 11 is 0. The normalized spacial score (nSPS) is 17.3. The van der Waals surface area contributed by atoms with Crippen LogP contribution in [-0.4, -0.2) is 40.2 Å². The Balaban J connectivity index is 1.56. The van der Waals surface area contributed by atoms with E-state index >= 15 is 0 Å². The van der Waals surface area contributed by atoms with E-state index in [2.05, 4.69) is 15.4 Å². The van der Waals surface area contributed by atoms with Crippen molar-refractivity contribution in [2.45, 2.75) is 19.4 Å². The maximum absolute atomic E-state index is 12.5. The van der Waals surface area contributed by atoms with Crippen molar-refractivity contribution in [1.29, 1.82) is 0 Å². The van der Waals surface area contributed by atoms with Gasteiger partial charge in [-0.05, 0) is 19.1 Å². The van der Waals surface area contributed by atoms with Crippen LogP contribution in [0.1, 0.15) is 12.1 Å². The molecule has 0 aliphatic carbocycles. The molecule has 0 saturated carbocycles. The number of carbonyl (C=O) groups is 1. The van der Waals surface area contributed by atoms with Crippen molar-refractivity contribution in [2.24, 2.45) is 0 Å². The van der Waals surface area contributed by atoms with Crippen LogP contribution in [0.3, 0.4) is 0 Å². The quantitative estimate of drug-likeness (QED) is 0.791. The van der Waals surface area contributed by atoms with E-state index in [0.717, 1.165) is 28.6 Å². The van der Waals surface area contributed by atoms with Gasteiger partial charge in [-0.25, -0.2) is 4.98 Å². The SMILES string of the molecule is COc1cccc(N2C[C@@H](Nc3cc(C)nc4ccnn34)CC2=O)c1. The van der Waals surface area contributed by atoms with Crippen molar-refractivity contribution in [3.05, 3.63) is 48.3 Å². The molecule has 0 unspecified atom stereocenters. The second-order valence-corrected chi connectivity index (χ2v) is 6.14. The molecular weight excluding hydrogens is 318 g/mol. The second kappa shape index (κ2) is 6.08. The van der Waals surface area contributed by atoms with Crippen LogP contribution in [0.25, 0.3) is 5.65 Å². The molecule has 1 aromatic carbocycles. The molecule has 25 heavy (non-hydrogen) atoms. The third-order valence-corrected chi connectivity index (χ3v) is 4.33. The number of ether oxygens (including phenoxy) is 1. The first-order chi connectivity index (χ1) is 12.1. The number of amides is 1. The van der Waals surface area contributed by atoms with E-state index in [9.17, 15) is 4.79 Å².